The third-order valence-electron chi connectivity index (χ3n) is 6.66. The number of likely N-dealkylation sites (N-methyl/N-ethyl adjacent to an activating group) is 1. The van der Waals surface area contributed by atoms with Gasteiger partial charge in [-0.05, 0) is 41.8 Å². The van der Waals surface area contributed by atoms with Crippen LogP contribution in [-0.2, 0) is 22.6 Å². The largest absolute Gasteiger partial charge is 0.497 e. The Labute approximate surface area is 222 Å². The minimum atomic E-state index is -0.750. The summed E-state index contributed by atoms with van der Waals surface area (Å²) in [4.78, 5) is 54.8. The molecular weight excluding hydrogens is 482 g/mol. The number of hydrogen-bond acceptors (Lipinski definition) is 5. The van der Waals surface area contributed by atoms with E-state index in [0.29, 0.717) is 23.3 Å². The van der Waals surface area contributed by atoms with Crippen molar-refractivity contribution >= 4 is 23.6 Å². The summed E-state index contributed by atoms with van der Waals surface area (Å²) < 4.78 is 5.34. The van der Waals surface area contributed by atoms with Crippen LogP contribution in [0.1, 0.15) is 44.7 Å². The molecule has 8 nitrogen and oxygen atoms in total. The van der Waals surface area contributed by atoms with Crippen LogP contribution in [0.4, 0.5) is 0 Å². The zero-order valence-corrected chi connectivity index (χ0v) is 21.6. The first-order valence-corrected chi connectivity index (χ1v) is 12.6. The minimum Gasteiger partial charge on any atom is -0.497 e. The highest BCUT2D eigenvalue weighted by atomic mass is 16.5. The molecule has 0 fully saturated rings. The molecular formula is C30H31N3O5. The van der Waals surface area contributed by atoms with Crippen LogP contribution in [0, 0.1) is 0 Å². The maximum Gasteiger partial charge on any atom is 0.261 e. The van der Waals surface area contributed by atoms with Crippen LogP contribution in [0.25, 0.3) is 0 Å². The Morgan fingerprint density at radius 3 is 2.16 bits per heavy atom. The fraction of sp³-hybridized carbons (Fsp3) is 0.267. The Kier molecular flexibility index (Phi) is 8.53. The molecule has 0 bridgehead atoms. The number of amides is 4. The van der Waals surface area contributed by atoms with Crippen molar-refractivity contribution in [2.24, 2.45) is 0 Å². The van der Waals surface area contributed by atoms with E-state index in [9.17, 15) is 19.2 Å². The van der Waals surface area contributed by atoms with E-state index in [4.69, 9.17) is 4.74 Å². The first kappa shape index (κ1) is 26.6. The van der Waals surface area contributed by atoms with Gasteiger partial charge in [0.25, 0.3) is 11.8 Å². The molecule has 4 rings (SSSR count). The normalized spacial score (nSPS) is 13.2. The molecule has 38 heavy (non-hydrogen) atoms. The fourth-order valence-electron chi connectivity index (χ4n) is 4.66. The molecule has 0 radical (unpaired) electrons. The van der Waals surface area contributed by atoms with E-state index in [0.717, 1.165) is 11.1 Å². The maximum absolute atomic E-state index is 13.6. The lowest BCUT2D eigenvalue weighted by Crippen LogP contribution is -2.49. The Balaban J connectivity index is 1.52. The van der Waals surface area contributed by atoms with E-state index < -0.39 is 6.04 Å². The number of nitrogens with one attached hydrogen (secondary N) is 1. The number of hydrogen-bond donors (Lipinski definition) is 1. The van der Waals surface area contributed by atoms with Crippen molar-refractivity contribution in [1.82, 2.24) is 15.1 Å². The van der Waals surface area contributed by atoms with Gasteiger partial charge in [0, 0.05) is 33.0 Å². The van der Waals surface area contributed by atoms with Crippen molar-refractivity contribution in [3.8, 4) is 5.75 Å². The van der Waals surface area contributed by atoms with E-state index in [1.54, 1.807) is 43.3 Å². The molecule has 0 aliphatic carbocycles. The molecule has 1 N–H and O–H groups in total. The second kappa shape index (κ2) is 12.2. The number of imide groups is 1. The monoisotopic (exact) mass is 513 g/mol. The molecule has 4 amide bonds. The molecule has 3 aromatic carbocycles. The lowest BCUT2D eigenvalue weighted by Gasteiger charge is -2.31. The second-order valence-corrected chi connectivity index (χ2v) is 9.10. The summed E-state index contributed by atoms with van der Waals surface area (Å²) in [5, 5.41) is 2.70. The van der Waals surface area contributed by atoms with Crippen molar-refractivity contribution in [2.75, 3.05) is 20.7 Å². The summed E-state index contributed by atoms with van der Waals surface area (Å²) in [5.41, 5.74) is 2.51. The second-order valence-electron chi connectivity index (χ2n) is 9.10. The van der Waals surface area contributed by atoms with Crippen molar-refractivity contribution in [2.45, 2.75) is 31.8 Å². The van der Waals surface area contributed by atoms with E-state index in [-0.39, 0.29) is 49.6 Å². The summed E-state index contributed by atoms with van der Waals surface area (Å²) in [6, 6.07) is 22.9. The predicted octanol–water partition coefficient (Wildman–Crippen LogP) is 3.46. The van der Waals surface area contributed by atoms with Gasteiger partial charge in [0.15, 0.2) is 0 Å². The van der Waals surface area contributed by atoms with Gasteiger partial charge in [0.05, 0.1) is 18.2 Å². The van der Waals surface area contributed by atoms with Gasteiger partial charge in [-0.25, -0.2) is 0 Å². The van der Waals surface area contributed by atoms with Gasteiger partial charge in [-0.2, -0.15) is 0 Å². The lowest BCUT2D eigenvalue weighted by atomic mass is 10.0. The summed E-state index contributed by atoms with van der Waals surface area (Å²) in [5.74, 6) is -0.559. The summed E-state index contributed by atoms with van der Waals surface area (Å²) >= 11 is 0. The molecule has 196 valence electrons. The predicted molar refractivity (Wildman–Crippen MR) is 143 cm³/mol. The van der Waals surface area contributed by atoms with Crippen LogP contribution in [0.5, 0.6) is 5.75 Å². The number of rotatable bonds is 11. The maximum atomic E-state index is 13.6. The number of ether oxygens (including phenoxy) is 1. The zero-order valence-electron chi connectivity index (χ0n) is 21.6. The molecule has 0 unspecified atom stereocenters. The molecule has 0 aromatic heterocycles. The van der Waals surface area contributed by atoms with Crippen LogP contribution in [0.2, 0.25) is 0 Å². The fourth-order valence-corrected chi connectivity index (χ4v) is 4.66. The number of carbonyl (C=O) groups is 4. The molecule has 0 saturated heterocycles. The van der Waals surface area contributed by atoms with E-state index in [2.05, 4.69) is 5.32 Å². The highest BCUT2D eigenvalue weighted by Crippen LogP contribution is 2.23. The number of carbonyl (C=O) groups excluding carboxylic acids is 4. The topological polar surface area (TPSA) is 96.0 Å². The Morgan fingerprint density at radius 2 is 1.53 bits per heavy atom. The van der Waals surface area contributed by atoms with Crippen molar-refractivity contribution < 1.29 is 23.9 Å². The molecule has 1 atom stereocenters. The molecule has 8 heteroatoms. The van der Waals surface area contributed by atoms with Gasteiger partial charge in [0.2, 0.25) is 11.8 Å². The summed E-state index contributed by atoms with van der Waals surface area (Å²) in [6.45, 7) is 0.322. The SMILES string of the molecule is CNC(=O)[C@H](Cc1ccccc1)N(Cc1cccc(OC)c1)C(=O)CCCN1C(=O)c2ccccc2C1=O. The summed E-state index contributed by atoms with van der Waals surface area (Å²) in [7, 11) is 3.13. The molecule has 1 aliphatic rings. The van der Waals surface area contributed by atoms with Gasteiger partial charge in [-0.3, -0.25) is 24.1 Å². The zero-order chi connectivity index (χ0) is 27.1. The van der Waals surface area contributed by atoms with Crippen LogP contribution >= 0.6 is 0 Å². The van der Waals surface area contributed by atoms with Crippen LogP contribution in [0.3, 0.4) is 0 Å². The number of nitrogens with zero attached hydrogens (tertiary/aromatic N) is 2. The Bertz CT molecular complexity index is 1290. The van der Waals surface area contributed by atoms with E-state index in [1.807, 2.05) is 54.6 Å². The van der Waals surface area contributed by atoms with Crippen molar-refractivity contribution in [1.29, 1.82) is 0 Å². The van der Waals surface area contributed by atoms with Crippen LogP contribution < -0.4 is 10.1 Å². The molecule has 3 aromatic rings. The van der Waals surface area contributed by atoms with Gasteiger partial charge in [0.1, 0.15) is 11.8 Å². The standard InChI is InChI=1S/C30H31N3O5/c1-31-28(35)26(19-21-10-4-3-5-11-21)33(20-22-12-8-13-23(18-22)38-2)27(34)16-9-17-32-29(36)24-14-6-7-15-25(24)30(32)37/h3-8,10-15,18,26H,9,16-17,19-20H2,1-2H3,(H,31,35)/t26-/m0/s1. The third kappa shape index (κ3) is 5.91. The molecule has 0 spiro atoms. The van der Waals surface area contributed by atoms with Crippen LogP contribution in [-0.4, -0.2) is 60.2 Å². The Hall–Kier alpha value is -4.46. The first-order valence-electron chi connectivity index (χ1n) is 12.6. The number of fused-ring (bicyclic) bond motifs is 1. The quantitative estimate of drug-likeness (QED) is 0.396. The highest BCUT2D eigenvalue weighted by Gasteiger charge is 2.35. The minimum absolute atomic E-state index is 0.0691. The summed E-state index contributed by atoms with van der Waals surface area (Å²) in [6.07, 6.45) is 0.693. The van der Waals surface area contributed by atoms with Crippen LogP contribution in [0.15, 0.2) is 78.9 Å². The third-order valence-corrected chi connectivity index (χ3v) is 6.66. The number of methoxy groups -OCH3 is 1. The lowest BCUT2D eigenvalue weighted by molar-refractivity contribution is -0.141. The molecule has 1 aliphatic heterocycles. The Morgan fingerprint density at radius 1 is 0.895 bits per heavy atom. The molecule has 1 heterocycles. The smallest absolute Gasteiger partial charge is 0.261 e. The van der Waals surface area contributed by atoms with E-state index in [1.165, 1.54) is 4.90 Å². The first-order chi connectivity index (χ1) is 18.4. The molecule has 0 saturated carbocycles. The highest BCUT2D eigenvalue weighted by molar-refractivity contribution is 6.21. The van der Waals surface area contributed by atoms with Gasteiger partial charge in [-0.15, -0.1) is 0 Å². The van der Waals surface area contributed by atoms with Gasteiger partial charge < -0.3 is 15.0 Å². The van der Waals surface area contributed by atoms with E-state index >= 15 is 0 Å². The average Bonchev–Trinajstić information content (AvgIpc) is 3.20. The van der Waals surface area contributed by atoms with Crippen molar-refractivity contribution in [3.63, 3.8) is 0 Å². The van der Waals surface area contributed by atoms with Gasteiger partial charge in [-0.1, -0.05) is 54.6 Å². The average molecular weight is 514 g/mol. The van der Waals surface area contributed by atoms with Crippen molar-refractivity contribution in [3.05, 3.63) is 101 Å². The van der Waals surface area contributed by atoms with Gasteiger partial charge >= 0.3 is 0 Å². The number of benzene rings is 3.